The lowest BCUT2D eigenvalue weighted by Crippen LogP contribution is -2.25. The van der Waals surface area contributed by atoms with Crippen LogP contribution in [0.5, 0.6) is 0 Å². The van der Waals surface area contributed by atoms with E-state index >= 15 is 0 Å². The molecule has 0 heterocycles. The van der Waals surface area contributed by atoms with Crippen LogP contribution >= 0.6 is 0 Å². The Morgan fingerprint density at radius 1 is 0.800 bits per heavy atom. The van der Waals surface area contributed by atoms with Gasteiger partial charge in [-0.05, 0) is 48.9 Å². The normalized spacial score (nSPS) is 14.5. The number of hydrogen-bond acceptors (Lipinski definition) is 1. The molecule has 25 heavy (non-hydrogen) atoms. The number of benzene rings is 2. The lowest BCUT2D eigenvalue weighted by atomic mass is 9.95. The van der Waals surface area contributed by atoms with Gasteiger partial charge in [0.25, 0.3) is 0 Å². The molecule has 0 aliphatic heterocycles. The molecule has 0 amide bonds. The highest BCUT2D eigenvalue weighted by atomic mass is 19.4. The molecule has 136 valence electrons. The van der Waals surface area contributed by atoms with E-state index in [0.717, 1.165) is 18.4 Å². The highest BCUT2D eigenvalue weighted by molar-refractivity contribution is 5.27. The maximum absolute atomic E-state index is 12.8. The summed E-state index contributed by atoms with van der Waals surface area (Å²) in [5, 5.41) is 3.58. The van der Waals surface area contributed by atoms with Gasteiger partial charge in [-0.2, -0.15) is 13.2 Å². The van der Waals surface area contributed by atoms with E-state index in [1.54, 1.807) is 12.1 Å². The van der Waals surface area contributed by atoms with E-state index in [2.05, 4.69) is 38.2 Å². The maximum atomic E-state index is 12.8. The third-order valence-corrected chi connectivity index (χ3v) is 4.42. The van der Waals surface area contributed by atoms with Crippen molar-refractivity contribution >= 4 is 0 Å². The SMILES string of the molecule is CC(C)CC[C@H](N[C@@H](C)c1ccccc1)c1ccc(C(F)(F)F)cc1. The first kappa shape index (κ1) is 19.5. The zero-order valence-electron chi connectivity index (χ0n) is 15.0. The van der Waals surface area contributed by atoms with Gasteiger partial charge in [-0.3, -0.25) is 0 Å². The molecule has 1 nitrogen and oxygen atoms in total. The lowest BCUT2D eigenvalue weighted by molar-refractivity contribution is -0.137. The third kappa shape index (κ3) is 5.89. The average molecular weight is 349 g/mol. The molecule has 1 N–H and O–H groups in total. The van der Waals surface area contributed by atoms with Crippen molar-refractivity contribution in [3.63, 3.8) is 0 Å². The molecule has 0 aliphatic carbocycles. The summed E-state index contributed by atoms with van der Waals surface area (Å²) in [7, 11) is 0. The summed E-state index contributed by atoms with van der Waals surface area (Å²) >= 11 is 0. The van der Waals surface area contributed by atoms with Gasteiger partial charge in [-0.25, -0.2) is 0 Å². The molecule has 0 aliphatic rings. The number of alkyl halides is 3. The fourth-order valence-electron chi connectivity index (χ4n) is 2.89. The Morgan fingerprint density at radius 2 is 1.40 bits per heavy atom. The van der Waals surface area contributed by atoms with Crippen molar-refractivity contribution in [3.8, 4) is 0 Å². The minimum Gasteiger partial charge on any atom is -0.303 e. The van der Waals surface area contributed by atoms with Crippen LogP contribution in [0.15, 0.2) is 54.6 Å². The molecule has 0 fully saturated rings. The molecule has 0 bridgehead atoms. The highest BCUT2D eigenvalue weighted by Crippen LogP contribution is 2.31. The van der Waals surface area contributed by atoms with E-state index < -0.39 is 11.7 Å². The van der Waals surface area contributed by atoms with Crippen LogP contribution in [0.1, 0.15) is 62.4 Å². The molecule has 0 aromatic heterocycles. The van der Waals surface area contributed by atoms with Crippen LogP contribution in [0.2, 0.25) is 0 Å². The molecule has 2 rings (SSSR count). The maximum Gasteiger partial charge on any atom is 0.416 e. The molecule has 4 heteroatoms. The van der Waals surface area contributed by atoms with Crippen molar-refractivity contribution in [2.75, 3.05) is 0 Å². The molecule has 2 atom stereocenters. The van der Waals surface area contributed by atoms with Crippen LogP contribution in [0.3, 0.4) is 0 Å². The number of halogens is 3. The Balaban J connectivity index is 2.17. The first-order chi connectivity index (χ1) is 11.8. The Bertz CT molecular complexity index is 632. The molecular weight excluding hydrogens is 323 g/mol. The Kier molecular flexibility index (Phi) is 6.65. The van der Waals surface area contributed by atoms with Crippen molar-refractivity contribution in [2.24, 2.45) is 5.92 Å². The van der Waals surface area contributed by atoms with Gasteiger partial charge in [-0.15, -0.1) is 0 Å². The molecule has 0 radical (unpaired) electrons. The first-order valence-electron chi connectivity index (χ1n) is 8.75. The summed E-state index contributed by atoms with van der Waals surface area (Å²) in [4.78, 5) is 0. The lowest BCUT2D eigenvalue weighted by Gasteiger charge is -2.25. The summed E-state index contributed by atoms with van der Waals surface area (Å²) in [6.45, 7) is 6.40. The van der Waals surface area contributed by atoms with Crippen molar-refractivity contribution in [1.29, 1.82) is 0 Å². The summed E-state index contributed by atoms with van der Waals surface area (Å²) in [6, 6.07) is 15.8. The molecule has 0 saturated carbocycles. The van der Waals surface area contributed by atoms with Crippen molar-refractivity contribution in [2.45, 2.75) is 51.9 Å². The van der Waals surface area contributed by atoms with Gasteiger partial charge in [0, 0.05) is 12.1 Å². The molecule has 2 aromatic rings. The molecule has 2 aromatic carbocycles. The molecule has 0 spiro atoms. The van der Waals surface area contributed by atoms with E-state index in [9.17, 15) is 13.2 Å². The molecular formula is C21H26F3N. The predicted molar refractivity (Wildman–Crippen MR) is 96.2 cm³/mol. The Morgan fingerprint density at radius 3 is 1.92 bits per heavy atom. The highest BCUT2D eigenvalue weighted by Gasteiger charge is 2.30. The van der Waals surface area contributed by atoms with Gasteiger partial charge in [0.1, 0.15) is 0 Å². The topological polar surface area (TPSA) is 12.0 Å². The Hall–Kier alpha value is -1.81. The van der Waals surface area contributed by atoms with Gasteiger partial charge in [0.2, 0.25) is 0 Å². The Labute approximate surface area is 148 Å². The van der Waals surface area contributed by atoms with Crippen molar-refractivity contribution in [1.82, 2.24) is 5.32 Å². The largest absolute Gasteiger partial charge is 0.416 e. The van der Waals surface area contributed by atoms with Gasteiger partial charge >= 0.3 is 6.18 Å². The van der Waals surface area contributed by atoms with E-state index in [0.29, 0.717) is 5.92 Å². The second-order valence-corrected chi connectivity index (χ2v) is 6.94. The predicted octanol–water partition coefficient (Wildman–Crippen LogP) is 6.53. The van der Waals surface area contributed by atoms with Crippen LogP contribution < -0.4 is 5.32 Å². The van der Waals surface area contributed by atoms with Gasteiger partial charge < -0.3 is 5.32 Å². The second kappa shape index (κ2) is 8.52. The zero-order chi connectivity index (χ0) is 18.4. The second-order valence-electron chi connectivity index (χ2n) is 6.94. The first-order valence-corrected chi connectivity index (χ1v) is 8.75. The summed E-state index contributed by atoms with van der Waals surface area (Å²) in [6.07, 6.45) is -2.39. The summed E-state index contributed by atoms with van der Waals surface area (Å²) < 4.78 is 38.4. The van der Waals surface area contributed by atoms with Crippen molar-refractivity contribution in [3.05, 3.63) is 71.3 Å². The van der Waals surface area contributed by atoms with Crippen molar-refractivity contribution < 1.29 is 13.2 Å². The average Bonchev–Trinajstić information content (AvgIpc) is 2.58. The van der Waals surface area contributed by atoms with E-state index in [4.69, 9.17) is 0 Å². The fraction of sp³-hybridized carbons (Fsp3) is 0.429. The summed E-state index contributed by atoms with van der Waals surface area (Å²) in [5.41, 5.74) is 1.47. The van der Waals surface area contributed by atoms with Crippen LogP contribution in [0, 0.1) is 5.92 Å². The monoisotopic (exact) mass is 349 g/mol. The third-order valence-electron chi connectivity index (χ3n) is 4.42. The van der Waals surface area contributed by atoms with Gasteiger partial charge in [0.05, 0.1) is 5.56 Å². The quantitative estimate of drug-likeness (QED) is 0.599. The van der Waals surface area contributed by atoms with Gasteiger partial charge in [0.15, 0.2) is 0 Å². The standard InChI is InChI=1S/C21H26F3N/c1-15(2)9-14-20(25-16(3)17-7-5-4-6-8-17)18-10-12-19(13-11-18)21(22,23)24/h4-8,10-13,15-16,20,25H,9,14H2,1-3H3/t16-,20-/m0/s1. The van der Waals surface area contributed by atoms with E-state index in [1.807, 2.05) is 18.2 Å². The van der Waals surface area contributed by atoms with Gasteiger partial charge in [-0.1, -0.05) is 56.3 Å². The zero-order valence-corrected chi connectivity index (χ0v) is 15.0. The molecule has 0 saturated heterocycles. The number of hydrogen-bond donors (Lipinski definition) is 1. The van der Waals surface area contributed by atoms with Crippen LogP contribution in [-0.2, 0) is 6.18 Å². The van der Waals surface area contributed by atoms with E-state index in [-0.39, 0.29) is 12.1 Å². The minimum atomic E-state index is -4.29. The smallest absolute Gasteiger partial charge is 0.303 e. The molecule has 0 unspecified atom stereocenters. The van der Waals surface area contributed by atoms with Crippen LogP contribution in [0.25, 0.3) is 0 Å². The number of rotatable bonds is 7. The number of nitrogens with one attached hydrogen (secondary N) is 1. The van der Waals surface area contributed by atoms with Crippen LogP contribution in [-0.4, -0.2) is 0 Å². The minimum absolute atomic E-state index is 0.0277. The summed E-state index contributed by atoms with van der Waals surface area (Å²) in [5.74, 6) is 0.547. The van der Waals surface area contributed by atoms with E-state index in [1.165, 1.54) is 17.7 Å². The van der Waals surface area contributed by atoms with Crippen LogP contribution in [0.4, 0.5) is 13.2 Å². The fourth-order valence-corrected chi connectivity index (χ4v) is 2.89.